The Balaban J connectivity index is 1.84. The first kappa shape index (κ1) is 6.03. The van der Waals surface area contributed by atoms with Crippen LogP contribution in [-0.4, -0.2) is 10.7 Å². The number of aliphatic hydroxyl groups is 1. The SMILES string of the molecule is CC1(O)C2C3C4C1C1C2C1(C#N)C34. The van der Waals surface area contributed by atoms with Gasteiger partial charge in [0.2, 0.25) is 0 Å². The molecule has 6 atom stereocenters. The third-order valence-electron chi connectivity index (χ3n) is 6.21. The molecule has 0 amide bonds. The van der Waals surface area contributed by atoms with E-state index in [0.717, 1.165) is 17.8 Å². The predicted molar refractivity (Wildman–Crippen MR) is 43.1 cm³/mol. The van der Waals surface area contributed by atoms with Crippen molar-refractivity contribution in [1.82, 2.24) is 0 Å². The Morgan fingerprint density at radius 3 is 1.92 bits per heavy atom. The summed E-state index contributed by atoms with van der Waals surface area (Å²) in [4.78, 5) is 0. The van der Waals surface area contributed by atoms with E-state index in [1.807, 2.05) is 6.92 Å². The summed E-state index contributed by atoms with van der Waals surface area (Å²) in [5.41, 5.74) is -0.301. The van der Waals surface area contributed by atoms with Gasteiger partial charge in [-0.1, -0.05) is 0 Å². The summed E-state index contributed by atoms with van der Waals surface area (Å²) in [5, 5.41) is 19.5. The standard InChI is InChI=1S/C11H11NO/c1-10(13)6-3-4-5(3)11(2-12)8(6)9(11)7(4)10/h3-9,13H,1H3. The summed E-state index contributed by atoms with van der Waals surface area (Å²) in [5.74, 6) is 4.48. The Morgan fingerprint density at radius 1 is 1.08 bits per heavy atom. The van der Waals surface area contributed by atoms with Gasteiger partial charge in [-0.25, -0.2) is 0 Å². The topological polar surface area (TPSA) is 44.0 Å². The highest BCUT2D eigenvalue weighted by Crippen LogP contribution is 3.01. The van der Waals surface area contributed by atoms with Gasteiger partial charge in [-0.05, 0) is 48.3 Å². The zero-order valence-electron chi connectivity index (χ0n) is 7.44. The van der Waals surface area contributed by atoms with Gasteiger partial charge in [-0.15, -0.1) is 0 Å². The van der Waals surface area contributed by atoms with E-state index in [4.69, 9.17) is 0 Å². The summed E-state index contributed by atoms with van der Waals surface area (Å²) in [6.45, 7) is 2.02. The fourth-order valence-electron chi connectivity index (χ4n) is 6.30. The number of rotatable bonds is 0. The molecule has 6 aliphatic carbocycles. The predicted octanol–water partition coefficient (Wildman–Crippen LogP) is 0.629. The van der Waals surface area contributed by atoms with E-state index in [1.54, 1.807) is 0 Å². The minimum atomic E-state index is -0.391. The number of nitriles is 1. The molecule has 0 heterocycles. The van der Waals surface area contributed by atoms with Crippen molar-refractivity contribution in [2.45, 2.75) is 12.5 Å². The molecular weight excluding hydrogens is 162 g/mol. The van der Waals surface area contributed by atoms with Crippen molar-refractivity contribution in [3.05, 3.63) is 0 Å². The zero-order valence-corrected chi connectivity index (χ0v) is 7.44. The highest BCUT2D eigenvalue weighted by atomic mass is 16.3. The van der Waals surface area contributed by atoms with E-state index in [-0.39, 0.29) is 5.41 Å². The second kappa shape index (κ2) is 1.12. The second-order valence-corrected chi connectivity index (χ2v) is 6.05. The Labute approximate surface area is 76.5 Å². The van der Waals surface area contributed by atoms with E-state index in [1.165, 1.54) is 0 Å². The van der Waals surface area contributed by atoms with Crippen molar-refractivity contribution in [1.29, 1.82) is 5.26 Å². The molecule has 2 nitrogen and oxygen atoms in total. The first-order valence-electron chi connectivity index (χ1n) is 5.31. The normalized spacial score (nSPS) is 88.5. The fourth-order valence-corrected chi connectivity index (χ4v) is 6.30. The smallest absolute Gasteiger partial charge is 0.0699 e. The fraction of sp³-hybridized carbons (Fsp3) is 0.909. The molecule has 13 heavy (non-hydrogen) atoms. The molecule has 0 aromatic carbocycles. The highest BCUT2D eigenvalue weighted by Gasteiger charge is 3.02. The van der Waals surface area contributed by atoms with Crippen molar-refractivity contribution in [3.63, 3.8) is 0 Å². The van der Waals surface area contributed by atoms with Crippen molar-refractivity contribution in [2.75, 3.05) is 0 Å². The Kier molecular flexibility index (Phi) is 0.519. The molecule has 66 valence electrons. The van der Waals surface area contributed by atoms with Gasteiger partial charge in [-0.3, -0.25) is 0 Å². The maximum Gasteiger partial charge on any atom is 0.0699 e. The van der Waals surface area contributed by atoms with Crippen LogP contribution in [0.25, 0.3) is 0 Å². The second-order valence-electron chi connectivity index (χ2n) is 6.05. The van der Waals surface area contributed by atoms with Gasteiger partial charge in [0.1, 0.15) is 0 Å². The van der Waals surface area contributed by atoms with Crippen LogP contribution in [0.1, 0.15) is 6.92 Å². The van der Waals surface area contributed by atoms with E-state index in [9.17, 15) is 10.4 Å². The molecule has 0 spiro atoms. The summed E-state index contributed by atoms with van der Waals surface area (Å²) in [6, 6.07) is 2.58. The minimum absolute atomic E-state index is 0.0902. The molecule has 0 radical (unpaired) electrons. The van der Waals surface area contributed by atoms with Crippen molar-refractivity contribution >= 4 is 0 Å². The molecule has 6 fully saturated rings. The van der Waals surface area contributed by atoms with E-state index in [2.05, 4.69) is 6.07 Å². The van der Waals surface area contributed by atoms with Crippen LogP contribution < -0.4 is 0 Å². The maximum absolute atomic E-state index is 10.3. The summed E-state index contributed by atoms with van der Waals surface area (Å²) >= 11 is 0. The van der Waals surface area contributed by atoms with Crippen LogP contribution in [-0.2, 0) is 0 Å². The van der Waals surface area contributed by atoms with Gasteiger partial charge >= 0.3 is 0 Å². The van der Waals surface area contributed by atoms with Gasteiger partial charge in [0.25, 0.3) is 0 Å². The number of hydrogen-bond acceptors (Lipinski definition) is 2. The van der Waals surface area contributed by atoms with Crippen LogP contribution >= 0.6 is 0 Å². The van der Waals surface area contributed by atoms with Crippen molar-refractivity contribution in [3.8, 4) is 6.07 Å². The lowest BCUT2D eigenvalue weighted by Crippen LogP contribution is -2.34. The lowest BCUT2D eigenvalue weighted by atomic mass is 9.86. The average Bonchev–Trinajstić information content (AvgIpc) is 2.86. The molecule has 2 heteroatoms. The van der Waals surface area contributed by atoms with Crippen LogP contribution in [0.4, 0.5) is 0 Å². The van der Waals surface area contributed by atoms with E-state index in [0.29, 0.717) is 23.7 Å². The molecule has 6 unspecified atom stereocenters. The average molecular weight is 173 g/mol. The van der Waals surface area contributed by atoms with Crippen LogP contribution in [0.3, 0.4) is 0 Å². The minimum Gasteiger partial charge on any atom is -0.390 e. The summed E-state index contributed by atoms with van der Waals surface area (Å²) in [6.07, 6.45) is 0. The Hall–Kier alpha value is -0.550. The van der Waals surface area contributed by atoms with Crippen LogP contribution in [0.15, 0.2) is 0 Å². The molecule has 0 aliphatic heterocycles. The highest BCUT2D eigenvalue weighted by molar-refractivity contribution is 5.52. The molecule has 2 bridgehead atoms. The van der Waals surface area contributed by atoms with E-state index >= 15 is 0 Å². The number of hydrogen-bond donors (Lipinski definition) is 1. The third kappa shape index (κ3) is 0.280. The quantitative estimate of drug-likeness (QED) is 0.584. The molecule has 0 aromatic heterocycles. The summed E-state index contributed by atoms with van der Waals surface area (Å²) in [7, 11) is 0. The van der Waals surface area contributed by atoms with Crippen LogP contribution in [0.5, 0.6) is 0 Å². The molecule has 6 saturated carbocycles. The first-order valence-corrected chi connectivity index (χ1v) is 5.31. The molecule has 6 rings (SSSR count). The maximum atomic E-state index is 10.3. The number of nitrogens with zero attached hydrogens (tertiary/aromatic N) is 1. The lowest BCUT2D eigenvalue weighted by Gasteiger charge is -2.26. The molecule has 1 N–H and O–H groups in total. The van der Waals surface area contributed by atoms with Gasteiger partial charge in [-0.2, -0.15) is 5.26 Å². The molecular formula is C11H11NO. The molecule has 0 aromatic rings. The Bertz CT molecular complexity index is 381. The monoisotopic (exact) mass is 173 g/mol. The van der Waals surface area contributed by atoms with Gasteiger partial charge in [0, 0.05) is 0 Å². The largest absolute Gasteiger partial charge is 0.390 e. The van der Waals surface area contributed by atoms with Gasteiger partial charge < -0.3 is 5.11 Å². The van der Waals surface area contributed by atoms with Crippen LogP contribution in [0.2, 0.25) is 0 Å². The third-order valence-corrected chi connectivity index (χ3v) is 6.21. The lowest BCUT2D eigenvalue weighted by molar-refractivity contribution is -0.0109. The zero-order chi connectivity index (χ0) is 8.75. The van der Waals surface area contributed by atoms with E-state index < -0.39 is 5.60 Å². The summed E-state index contributed by atoms with van der Waals surface area (Å²) < 4.78 is 0. The molecule has 0 saturated heterocycles. The van der Waals surface area contributed by atoms with Gasteiger partial charge in [0.15, 0.2) is 0 Å². The first-order chi connectivity index (χ1) is 6.17. The van der Waals surface area contributed by atoms with Crippen molar-refractivity contribution in [2.24, 2.45) is 46.8 Å². The Morgan fingerprint density at radius 2 is 1.62 bits per heavy atom. The molecule has 6 aliphatic rings. The van der Waals surface area contributed by atoms with Crippen LogP contribution in [0, 0.1) is 58.2 Å². The van der Waals surface area contributed by atoms with Crippen molar-refractivity contribution < 1.29 is 5.11 Å². The van der Waals surface area contributed by atoms with Gasteiger partial charge in [0.05, 0.1) is 17.1 Å².